The molecule has 0 saturated heterocycles. The van der Waals surface area contributed by atoms with E-state index in [9.17, 15) is 9.59 Å². The van der Waals surface area contributed by atoms with E-state index in [1.807, 2.05) is 30.3 Å². The number of anilines is 1. The van der Waals surface area contributed by atoms with Crippen molar-refractivity contribution in [1.82, 2.24) is 9.78 Å². The maximum Gasteiger partial charge on any atom is 0.276 e. The second kappa shape index (κ2) is 7.10. The Bertz CT molecular complexity index is 923. The summed E-state index contributed by atoms with van der Waals surface area (Å²) in [6.45, 7) is 0.304. The molecule has 0 fully saturated rings. The van der Waals surface area contributed by atoms with Gasteiger partial charge in [0, 0.05) is 16.8 Å². The molecule has 0 aliphatic carbocycles. The molecule has 0 bridgehead atoms. The normalized spacial score (nSPS) is 10.4. The summed E-state index contributed by atoms with van der Waals surface area (Å²) in [4.78, 5) is 24.3. The molecule has 0 spiro atoms. The van der Waals surface area contributed by atoms with Gasteiger partial charge >= 0.3 is 0 Å². The van der Waals surface area contributed by atoms with E-state index in [0.717, 1.165) is 5.56 Å². The number of rotatable bonds is 4. The molecular weight excluding hydrogens is 326 g/mol. The highest BCUT2D eigenvalue weighted by Crippen LogP contribution is 2.15. The first-order chi connectivity index (χ1) is 11.6. The molecule has 0 aliphatic heterocycles. The van der Waals surface area contributed by atoms with Crippen LogP contribution in [0.4, 0.5) is 5.69 Å². The van der Waals surface area contributed by atoms with Crippen molar-refractivity contribution in [2.45, 2.75) is 6.54 Å². The van der Waals surface area contributed by atoms with E-state index in [-0.39, 0.29) is 11.3 Å². The molecule has 1 aromatic heterocycles. The van der Waals surface area contributed by atoms with E-state index < -0.39 is 5.91 Å². The number of halogens is 1. The van der Waals surface area contributed by atoms with Crippen molar-refractivity contribution in [2.75, 3.05) is 5.32 Å². The van der Waals surface area contributed by atoms with E-state index in [4.69, 9.17) is 11.6 Å². The van der Waals surface area contributed by atoms with Crippen LogP contribution in [0.3, 0.4) is 0 Å². The van der Waals surface area contributed by atoms with Crippen LogP contribution < -0.4 is 10.9 Å². The number of aromatic nitrogens is 2. The Morgan fingerprint density at radius 3 is 2.58 bits per heavy atom. The van der Waals surface area contributed by atoms with Gasteiger partial charge in [-0.2, -0.15) is 5.10 Å². The summed E-state index contributed by atoms with van der Waals surface area (Å²) < 4.78 is 1.27. The summed E-state index contributed by atoms with van der Waals surface area (Å²) in [6.07, 6.45) is 0. The predicted octanol–water partition coefficient (Wildman–Crippen LogP) is 3.20. The number of hydrogen-bond donors (Lipinski definition) is 1. The maximum atomic E-state index is 12.3. The number of nitrogens with one attached hydrogen (secondary N) is 1. The fourth-order valence-corrected chi connectivity index (χ4v) is 2.39. The fourth-order valence-electron chi connectivity index (χ4n) is 2.20. The first-order valence-corrected chi connectivity index (χ1v) is 7.68. The Kier molecular flexibility index (Phi) is 4.72. The molecule has 6 heteroatoms. The van der Waals surface area contributed by atoms with Crippen LogP contribution in [-0.2, 0) is 6.54 Å². The third-order valence-corrected chi connectivity index (χ3v) is 3.59. The van der Waals surface area contributed by atoms with Crippen LogP contribution in [0, 0.1) is 0 Å². The van der Waals surface area contributed by atoms with E-state index in [2.05, 4.69) is 10.4 Å². The monoisotopic (exact) mass is 339 g/mol. The number of benzene rings is 2. The van der Waals surface area contributed by atoms with Crippen molar-refractivity contribution in [1.29, 1.82) is 0 Å². The van der Waals surface area contributed by atoms with Crippen LogP contribution in [0.1, 0.15) is 16.1 Å². The topological polar surface area (TPSA) is 64.0 Å². The lowest BCUT2D eigenvalue weighted by atomic mass is 10.2. The summed E-state index contributed by atoms with van der Waals surface area (Å²) >= 11 is 5.90. The Hall–Kier alpha value is -2.92. The standard InChI is InChI=1S/C18H14ClN3O2/c19-14-7-4-8-15(11-14)20-18(24)16-9-10-17(23)22(21-16)12-13-5-2-1-3-6-13/h1-11H,12H2,(H,20,24). The van der Waals surface area contributed by atoms with Crippen LogP contribution in [0.15, 0.2) is 71.5 Å². The smallest absolute Gasteiger partial charge is 0.276 e. The van der Waals surface area contributed by atoms with Crippen LogP contribution in [-0.4, -0.2) is 15.7 Å². The zero-order valence-corrected chi connectivity index (χ0v) is 13.4. The Morgan fingerprint density at radius 1 is 1.04 bits per heavy atom. The molecule has 24 heavy (non-hydrogen) atoms. The van der Waals surface area contributed by atoms with E-state index in [0.29, 0.717) is 17.3 Å². The highest BCUT2D eigenvalue weighted by atomic mass is 35.5. The van der Waals surface area contributed by atoms with Crippen LogP contribution in [0.5, 0.6) is 0 Å². The minimum Gasteiger partial charge on any atom is -0.321 e. The fraction of sp³-hybridized carbons (Fsp3) is 0.0556. The molecule has 120 valence electrons. The van der Waals surface area contributed by atoms with Crippen LogP contribution in [0.25, 0.3) is 0 Å². The summed E-state index contributed by atoms with van der Waals surface area (Å²) in [6, 6.07) is 19.0. The molecule has 5 nitrogen and oxygen atoms in total. The van der Waals surface area contributed by atoms with Gasteiger partial charge in [0.1, 0.15) is 5.69 Å². The zero-order valence-electron chi connectivity index (χ0n) is 12.6. The van der Waals surface area contributed by atoms with Crippen molar-refractivity contribution >= 4 is 23.2 Å². The molecule has 0 aliphatic rings. The zero-order chi connectivity index (χ0) is 16.9. The number of hydrogen-bond acceptors (Lipinski definition) is 3. The molecule has 0 unspecified atom stereocenters. The quantitative estimate of drug-likeness (QED) is 0.794. The van der Waals surface area contributed by atoms with Crippen molar-refractivity contribution < 1.29 is 4.79 Å². The van der Waals surface area contributed by atoms with Gasteiger partial charge in [-0.15, -0.1) is 0 Å². The van der Waals surface area contributed by atoms with E-state index in [1.165, 1.54) is 16.8 Å². The third-order valence-electron chi connectivity index (χ3n) is 3.36. The van der Waals surface area contributed by atoms with Crippen molar-refractivity contribution in [3.8, 4) is 0 Å². The lowest BCUT2D eigenvalue weighted by Crippen LogP contribution is -2.26. The molecule has 3 aromatic rings. The van der Waals surface area contributed by atoms with Gasteiger partial charge in [-0.3, -0.25) is 9.59 Å². The van der Waals surface area contributed by atoms with Crippen molar-refractivity contribution in [3.63, 3.8) is 0 Å². The first kappa shape index (κ1) is 16.0. The van der Waals surface area contributed by atoms with Gasteiger partial charge in [-0.1, -0.05) is 48.0 Å². The minimum absolute atomic E-state index is 0.158. The van der Waals surface area contributed by atoms with Gasteiger partial charge < -0.3 is 5.32 Å². The number of amides is 1. The summed E-state index contributed by atoms with van der Waals surface area (Å²) in [7, 11) is 0. The molecule has 1 heterocycles. The number of carbonyl (C=O) groups is 1. The second-order valence-electron chi connectivity index (χ2n) is 5.16. The summed E-state index contributed by atoms with van der Waals surface area (Å²) in [5.74, 6) is -0.404. The molecule has 1 amide bonds. The van der Waals surface area contributed by atoms with Gasteiger partial charge in [-0.25, -0.2) is 4.68 Å². The molecule has 0 atom stereocenters. The molecular formula is C18H14ClN3O2. The van der Waals surface area contributed by atoms with E-state index in [1.54, 1.807) is 24.3 Å². The lowest BCUT2D eigenvalue weighted by molar-refractivity contribution is 0.102. The first-order valence-electron chi connectivity index (χ1n) is 7.31. The van der Waals surface area contributed by atoms with Crippen LogP contribution >= 0.6 is 11.6 Å². The van der Waals surface area contributed by atoms with E-state index >= 15 is 0 Å². The largest absolute Gasteiger partial charge is 0.321 e. The summed E-state index contributed by atoms with van der Waals surface area (Å²) in [5.41, 5.74) is 1.39. The maximum absolute atomic E-state index is 12.3. The average molecular weight is 340 g/mol. The van der Waals surface area contributed by atoms with Gasteiger partial charge in [-0.05, 0) is 29.8 Å². The van der Waals surface area contributed by atoms with Gasteiger partial charge in [0.05, 0.1) is 6.54 Å². The van der Waals surface area contributed by atoms with Gasteiger partial charge in [0.15, 0.2) is 0 Å². The summed E-state index contributed by atoms with van der Waals surface area (Å²) in [5, 5.41) is 7.38. The molecule has 1 N–H and O–H groups in total. The lowest BCUT2D eigenvalue weighted by Gasteiger charge is -2.08. The third kappa shape index (κ3) is 3.88. The molecule has 3 rings (SSSR count). The average Bonchev–Trinajstić information content (AvgIpc) is 2.58. The molecule has 0 radical (unpaired) electrons. The second-order valence-corrected chi connectivity index (χ2v) is 5.60. The van der Waals surface area contributed by atoms with Gasteiger partial charge in [0.25, 0.3) is 11.5 Å². The van der Waals surface area contributed by atoms with Crippen molar-refractivity contribution in [3.05, 3.63) is 93.4 Å². The highest BCUT2D eigenvalue weighted by molar-refractivity contribution is 6.30. The minimum atomic E-state index is -0.404. The number of nitrogens with zero attached hydrogens (tertiary/aromatic N) is 2. The van der Waals surface area contributed by atoms with Gasteiger partial charge in [0.2, 0.25) is 0 Å². The highest BCUT2D eigenvalue weighted by Gasteiger charge is 2.10. The van der Waals surface area contributed by atoms with Crippen LogP contribution in [0.2, 0.25) is 5.02 Å². The molecule has 2 aromatic carbocycles. The molecule has 0 saturated carbocycles. The Balaban J connectivity index is 1.82. The van der Waals surface area contributed by atoms with Crippen molar-refractivity contribution in [2.24, 2.45) is 0 Å². The number of carbonyl (C=O) groups excluding carboxylic acids is 1. The Labute approximate surface area is 143 Å². The Morgan fingerprint density at radius 2 is 1.83 bits per heavy atom. The predicted molar refractivity (Wildman–Crippen MR) is 93.4 cm³/mol. The SMILES string of the molecule is O=C(Nc1cccc(Cl)c1)c1ccc(=O)n(Cc2ccccc2)n1.